The maximum Gasteiger partial charge on any atom is 0.135 e. The first-order valence-corrected chi connectivity index (χ1v) is 19.4. The average Bonchev–Trinajstić information content (AvgIpc) is 3.76. The van der Waals surface area contributed by atoms with Crippen LogP contribution in [0.25, 0.3) is 38.8 Å². The van der Waals surface area contributed by atoms with Gasteiger partial charge >= 0.3 is 0 Å². The molecule has 0 saturated carbocycles. The molecule has 0 bridgehead atoms. The zero-order chi connectivity index (χ0) is 38.8. The van der Waals surface area contributed by atoms with Crippen LogP contribution in [-0.4, -0.2) is 16.6 Å². The summed E-state index contributed by atoms with van der Waals surface area (Å²) in [6, 6.07) is 57.4. The van der Waals surface area contributed by atoms with Gasteiger partial charge in [-0.15, -0.1) is 48.1 Å². The Morgan fingerprint density at radius 1 is 0.579 bits per heavy atom. The molecule has 1 aliphatic heterocycles. The van der Waals surface area contributed by atoms with Gasteiger partial charge in [-0.25, -0.2) is 4.98 Å². The smallest absolute Gasteiger partial charge is 0.135 e. The van der Waals surface area contributed by atoms with Gasteiger partial charge in [0.05, 0.1) is 0 Å². The van der Waals surface area contributed by atoms with E-state index in [9.17, 15) is 0 Å². The SMILES string of the molecule is CN(c1[c-]c(N2[CH-]N(c3cc(C(C)(C)C)ccc3-c3ccccc3)c3ccccc32)ccc1)c1[c-]c2c(cc1)c1ccccc1n2-c1cc(C(C)(C)C)ccn1.[Pt]. The van der Waals surface area contributed by atoms with E-state index in [2.05, 4.69) is 226 Å². The number of rotatable bonds is 6. The Balaban J connectivity index is 0.00000455. The summed E-state index contributed by atoms with van der Waals surface area (Å²) in [5.41, 5.74) is 13.2. The van der Waals surface area contributed by atoms with Crippen molar-refractivity contribution in [2.24, 2.45) is 0 Å². The average molecular weight is 924 g/mol. The van der Waals surface area contributed by atoms with E-state index in [0.29, 0.717) is 0 Å². The van der Waals surface area contributed by atoms with Crippen molar-refractivity contribution in [1.29, 1.82) is 0 Å². The van der Waals surface area contributed by atoms with Gasteiger partial charge < -0.3 is 19.3 Å². The minimum atomic E-state index is -0.00302. The van der Waals surface area contributed by atoms with Crippen LogP contribution >= 0.6 is 0 Å². The minimum Gasteiger partial charge on any atom is -0.493 e. The molecule has 1 aliphatic rings. The number of benzene rings is 6. The summed E-state index contributed by atoms with van der Waals surface area (Å²) >= 11 is 0. The Bertz CT molecular complexity index is 2740. The van der Waals surface area contributed by atoms with E-state index < -0.39 is 0 Å². The van der Waals surface area contributed by atoms with E-state index in [1.54, 1.807) is 0 Å². The van der Waals surface area contributed by atoms with Gasteiger partial charge in [0.25, 0.3) is 0 Å². The molecule has 0 amide bonds. The molecule has 0 saturated heterocycles. The molecule has 8 aromatic rings. The molecular formula is C51H46N5Pt-3. The second kappa shape index (κ2) is 14.7. The van der Waals surface area contributed by atoms with Gasteiger partial charge in [-0.3, -0.25) is 0 Å². The normalized spacial score (nSPS) is 12.9. The fourth-order valence-corrected chi connectivity index (χ4v) is 7.79. The number of anilines is 6. The first-order valence-electron chi connectivity index (χ1n) is 19.4. The third kappa shape index (κ3) is 6.93. The predicted octanol–water partition coefficient (Wildman–Crippen LogP) is 13.2. The predicted molar refractivity (Wildman–Crippen MR) is 235 cm³/mol. The maximum absolute atomic E-state index is 4.88. The van der Waals surface area contributed by atoms with Crippen molar-refractivity contribution in [3.8, 4) is 16.9 Å². The zero-order valence-corrected chi connectivity index (χ0v) is 35.8. The van der Waals surface area contributed by atoms with Gasteiger partial charge in [0.15, 0.2) is 0 Å². The van der Waals surface area contributed by atoms with E-state index in [0.717, 1.165) is 56.4 Å². The Hall–Kier alpha value is -5.64. The van der Waals surface area contributed by atoms with Gasteiger partial charge in [0, 0.05) is 62.5 Å². The third-order valence-electron chi connectivity index (χ3n) is 11.0. The molecule has 0 unspecified atom stereocenters. The number of para-hydroxylation sites is 3. The number of pyridine rings is 1. The second-order valence-electron chi connectivity index (χ2n) is 16.8. The first-order chi connectivity index (χ1) is 27.0. The van der Waals surface area contributed by atoms with Crippen LogP contribution < -0.4 is 14.7 Å². The molecule has 288 valence electrons. The number of nitrogens with zero attached hydrogens (tertiary/aromatic N) is 5. The molecule has 6 aromatic carbocycles. The van der Waals surface area contributed by atoms with Gasteiger partial charge in [0.1, 0.15) is 5.82 Å². The van der Waals surface area contributed by atoms with Crippen LogP contribution in [0, 0.1) is 18.8 Å². The van der Waals surface area contributed by atoms with Gasteiger partial charge in [-0.05, 0) is 69.3 Å². The summed E-state index contributed by atoms with van der Waals surface area (Å²) in [6.07, 6.45) is 1.92. The van der Waals surface area contributed by atoms with E-state index >= 15 is 0 Å². The zero-order valence-electron chi connectivity index (χ0n) is 33.5. The minimum absolute atomic E-state index is 0. The quantitative estimate of drug-likeness (QED) is 0.155. The third-order valence-corrected chi connectivity index (χ3v) is 11.0. The van der Waals surface area contributed by atoms with Crippen molar-refractivity contribution >= 4 is 55.9 Å². The summed E-state index contributed by atoms with van der Waals surface area (Å²) < 4.78 is 2.25. The van der Waals surface area contributed by atoms with Crippen LogP contribution in [-0.2, 0) is 31.9 Å². The van der Waals surface area contributed by atoms with Crippen molar-refractivity contribution in [1.82, 2.24) is 9.55 Å². The van der Waals surface area contributed by atoms with Crippen LogP contribution in [0.4, 0.5) is 34.1 Å². The number of hydrogen-bond donors (Lipinski definition) is 0. The molecular weight excluding hydrogens is 878 g/mol. The van der Waals surface area contributed by atoms with Crippen molar-refractivity contribution in [2.75, 3.05) is 21.7 Å². The van der Waals surface area contributed by atoms with Crippen molar-refractivity contribution < 1.29 is 21.1 Å². The summed E-state index contributed by atoms with van der Waals surface area (Å²) in [5, 5.41) is 2.33. The summed E-state index contributed by atoms with van der Waals surface area (Å²) in [7, 11) is 2.09. The fourth-order valence-electron chi connectivity index (χ4n) is 7.79. The van der Waals surface area contributed by atoms with Crippen LogP contribution in [0.5, 0.6) is 0 Å². The Kier molecular flexibility index (Phi) is 9.86. The Morgan fingerprint density at radius 3 is 2.00 bits per heavy atom. The molecule has 57 heavy (non-hydrogen) atoms. The van der Waals surface area contributed by atoms with E-state index in [4.69, 9.17) is 4.98 Å². The first kappa shape index (κ1) is 38.2. The molecule has 0 N–H and O–H groups in total. The van der Waals surface area contributed by atoms with Crippen molar-refractivity contribution in [3.63, 3.8) is 0 Å². The Morgan fingerprint density at radius 2 is 1.25 bits per heavy atom. The van der Waals surface area contributed by atoms with Crippen molar-refractivity contribution in [2.45, 2.75) is 52.4 Å². The largest absolute Gasteiger partial charge is 0.493 e. The molecule has 9 rings (SSSR count). The standard InChI is InChI=1S/C51H46N5.Pt/c1-50(2,3)36-24-26-41(35-16-9-8-10-17-35)47(30-36)55-34-54(45-22-13-14-23-46(45)55)40-19-15-18-38(32-40)53(7)39-25-27-43-42-20-11-12-21-44(42)56(48(43)33-39)49-31-37(28-29-52-49)51(4,5)6;/h8-31,34H,1-7H3;/q-3;. The monoisotopic (exact) mass is 923 g/mol. The van der Waals surface area contributed by atoms with Gasteiger partial charge in [-0.2, -0.15) is 12.1 Å². The molecule has 0 aliphatic carbocycles. The van der Waals surface area contributed by atoms with Gasteiger partial charge in [0.2, 0.25) is 0 Å². The van der Waals surface area contributed by atoms with Gasteiger partial charge in [-0.1, -0.05) is 131 Å². The molecule has 0 spiro atoms. The van der Waals surface area contributed by atoms with E-state index in [1.165, 1.54) is 27.6 Å². The van der Waals surface area contributed by atoms with Crippen LogP contribution in [0.2, 0.25) is 0 Å². The topological polar surface area (TPSA) is 27.5 Å². The molecule has 6 heteroatoms. The van der Waals surface area contributed by atoms with Crippen molar-refractivity contribution in [3.05, 3.63) is 176 Å². The summed E-state index contributed by atoms with van der Waals surface area (Å²) in [5.74, 6) is 0.893. The second-order valence-corrected chi connectivity index (χ2v) is 16.8. The van der Waals surface area contributed by atoms with E-state index in [-0.39, 0.29) is 31.9 Å². The molecule has 2 aromatic heterocycles. The number of fused-ring (bicyclic) bond motifs is 4. The van der Waals surface area contributed by atoms with Crippen LogP contribution in [0.3, 0.4) is 0 Å². The number of aromatic nitrogens is 2. The van der Waals surface area contributed by atoms with Crippen LogP contribution in [0.1, 0.15) is 52.7 Å². The maximum atomic E-state index is 4.88. The van der Waals surface area contributed by atoms with Crippen LogP contribution in [0.15, 0.2) is 146 Å². The summed E-state index contributed by atoms with van der Waals surface area (Å²) in [6.45, 7) is 15.8. The molecule has 5 nitrogen and oxygen atoms in total. The fraction of sp³-hybridized carbons (Fsp3) is 0.176. The summed E-state index contributed by atoms with van der Waals surface area (Å²) in [4.78, 5) is 11.6. The van der Waals surface area contributed by atoms with E-state index in [1.807, 2.05) is 6.20 Å². The Labute approximate surface area is 351 Å². The number of hydrogen-bond acceptors (Lipinski definition) is 4. The molecule has 3 heterocycles. The molecule has 0 fully saturated rings. The molecule has 0 radical (unpaired) electrons. The molecule has 0 atom stereocenters.